The van der Waals surface area contributed by atoms with Gasteiger partial charge < -0.3 is 19.9 Å². The van der Waals surface area contributed by atoms with E-state index in [9.17, 15) is 5.11 Å². The van der Waals surface area contributed by atoms with Gasteiger partial charge in [0, 0.05) is 23.7 Å². The maximum absolute atomic E-state index is 10.4. The van der Waals surface area contributed by atoms with Crippen molar-refractivity contribution in [3.05, 3.63) is 58.6 Å². The summed E-state index contributed by atoms with van der Waals surface area (Å²) in [6, 6.07) is 13.0. The van der Waals surface area contributed by atoms with Gasteiger partial charge in [0.25, 0.3) is 0 Å². The molecule has 0 aromatic heterocycles. The molecule has 0 saturated heterocycles. The van der Waals surface area contributed by atoms with E-state index < -0.39 is 6.10 Å². The van der Waals surface area contributed by atoms with Crippen LogP contribution in [0, 0.1) is 0 Å². The lowest BCUT2D eigenvalue weighted by Crippen LogP contribution is -2.21. The highest BCUT2D eigenvalue weighted by Gasteiger charge is 2.14. The van der Waals surface area contributed by atoms with Gasteiger partial charge in [0.05, 0.1) is 20.3 Å². The van der Waals surface area contributed by atoms with Gasteiger partial charge in [0.15, 0.2) is 0 Å². The van der Waals surface area contributed by atoms with Crippen LogP contribution < -0.4 is 14.8 Å². The van der Waals surface area contributed by atoms with Crippen molar-refractivity contribution in [2.45, 2.75) is 12.6 Å². The third-order valence-electron chi connectivity index (χ3n) is 3.38. The number of benzene rings is 2. The summed E-state index contributed by atoms with van der Waals surface area (Å²) in [5.41, 5.74) is 1.81. The maximum Gasteiger partial charge on any atom is 0.124 e. The predicted molar refractivity (Wildman–Crippen MR) is 87.7 cm³/mol. The lowest BCUT2D eigenvalue weighted by atomic mass is 10.1. The van der Waals surface area contributed by atoms with Crippen LogP contribution in [0.1, 0.15) is 17.2 Å². The topological polar surface area (TPSA) is 50.7 Å². The Bertz CT molecular complexity index is 601. The van der Waals surface area contributed by atoms with Gasteiger partial charge in [-0.15, -0.1) is 0 Å². The zero-order valence-corrected chi connectivity index (χ0v) is 13.4. The summed E-state index contributed by atoms with van der Waals surface area (Å²) in [5, 5.41) is 14.3. The number of hydrogen-bond donors (Lipinski definition) is 2. The summed E-state index contributed by atoms with van der Waals surface area (Å²) in [5.74, 6) is 1.33. The number of nitrogens with one attached hydrogen (secondary N) is 1. The third-order valence-corrected chi connectivity index (χ3v) is 3.63. The number of rotatable bonds is 7. The fraction of sp³-hybridized carbons (Fsp3) is 0.294. The molecular weight excluding hydrogens is 302 g/mol. The van der Waals surface area contributed by atoms with Crippen LogP contribution in [0.15, 0.2) is 42.5 Å². The molecule has 22 heavy (non-hydrogen) atoms. The second-order valence-electron chi connectivity index (χ2n) is 4.88. The quantitative estimate of drug-likeness (QED) is 0.822. The Labute approximate surface area is 135 Å². The summed E-state index contributed by atoms with van der Waals surface area (Å²) in [7, 11) is 3.18. The molecule has 2 aromatic rings. The SMILES string of the molecule is COc1ccc(OC)c(C(O)CNCc2ccc(Cl)cc2)c1. The summed E-state index contributed by atoms with van der Waals surface area (Å²) in [4.78, 5) is 0. The Balaban J connectivity index is 1.96. The van der Waals surface area contributed by atoms with Crippen molar-refractivity contribution in [3.63, 3.8) is 0 Å². The van der Waals surface area contributed by atoms with Crippen molar-refractivity contribution in [2.75, 3.05) is 20.8 Å². The molecule has 0 bridgehead atoms. The van der Waals surface area contributed by atoms with E-state index in [0.717, 1.165) is 5.56 Å². The van der Waals surface area contributed by atoms with Crippen LogP contribution in [-0.4, -0.2) is 25.9 Å². The smallest absolute Gasteiger partial charge is 0.124 e. The Morgan fingerprint density at radius 3 is 2.45 bits per heavy atom. The second kappa shape index (κ2) is 8.03. The number of aliphatic hydroxyl groups is 1. The van der Waals surface area contributed by atoms with Gasteiger partial charge in [-0.2, -0.15) is 0 Å². The van der Waals surface area contributed by atoms with Crippen molar-refractivity contribution >= 4 is 11.6 Å². The number of halogens is 1. The molecule has 0 aliphatic rings. The van der Waals surface area contributed by atoms with E-state index in [1.165, 1.54) is 0 Å². The Morgan fingerprint density at radius 2 is 1.82 bits per heavy atom. The molecule has 0 radical (unpaired) electrons. The maximum atomic E-state index is 10.4. The fourth-order valence-electron chi connectivity index (χ4n) is 2.17. The Kier molecular flexibility index (Phi) is 6.07. The van der Waals surface area contributed by atoms with Gasteiger partial charge in [0.1, 0.15) is 11.5 Å². The lowest BCUT2D eigenvalue weighted by molar-refractivity contribution is 0.169. The largest absolute Gasteiger partial charge is 0.497 e. The van der Waals surface area contributed by atoms with Crippen LogP contribution in [-0.2, 0) is 6.54 Å². The van der Waals surface area contributed by atoms with E-state index in [1.807, 2.05) is 24.3 Å². The van der Waals surface area contributed by atoms with Crippen LogP contribution in [0.3, 0.4) is 0 Å². The standard InChI is InChI=1S/C17H20ClNO3/c1-21-14-7-8-17(22-2)15(9-14)16(20)11-19-10-12-3-5-13(18)6-4-12/h3-9,16,19-20H,10-11H2,1-2H3. The molecule has 2 rings (SSSR count). The first-order valence-corrected chi connectivity index (χ1v) is 7.37. The van der Waals surface area contributed by atoms with Crippen LogP contribution in [0.5, 0.6) is 11.5 Å². The minimum Gasteiger partial charge on any atom is -0.497 e. The van der Waals surface area contributed by atoms with Crippen molar-refractivity contribution in [3.8, 4) is 11.5 Å². The van der Waals surface area contributed by atoms with E-state index >= 15 is 0 Å². The normalized spacial score (nSPS) is 12.0. The molecule has 1 unspecified atom stereocenters. The Hall–Kier alpha value is -1.75. The van der Waals surface area contributed by atoms with E-state index in [1.54, 1.807) is 32.4 Å². The van der Waals surface area contributed by atoms with E-state index in [2.05, 4.69) is 5.32 Å². The molecule has 0 fully saturated rings. The van der Waals surface area contributed by atoms with Crippen molar-refractivity contribution in [1.82, 2.24) is 5.32 Å². The van der Waals surface area contributed by atoms with Crippen LogP contribution in [0.25, 0.3) is 0 Å². The summed E-state index contributed by atoms with van der Waals surface area (Å²) < 4.78 is 10.5. The molecule has 2 aromatic carbocycles. The molecule has 5 heteroatoms. The third kappa shape index (κ3) is 4.37. The predicted octanol–water partition coefficient (Wildman–Crippen LogP) is 3.18. The van der Waals surface area contributed by atoms with Gasteiger partial charge in [-0.05, 0) is 35.9 Å². The first-order valence-electron chi connectivity index (χ1n) is 6.99. The Morgan fingerprint density at radius 1 is 1.09 bits per heavy atom. The molecular formula is C17H20ClNO3. The molecule has 0 heterocycles. The molecule has 118 valence electrons. The highest BCUT2D eigenvalue weighted by molar-refractivity contribution is 6.30. The van der Waals surface area contributed by atoms with Crippen LogP contribution in [0.4, 0.5) is 0 Å². The monoisotopic (exact) mass is 321 g/mol. The van der Waals surface area contributed by atoms with Gasteiger partial charge in [-0.1, -0.05) is 23.7 Å². The second-order valence-corrected chi connectivity index (χ2v) is 5.32. The summed E-state index contributed by atoms with van der Waals surface area (Å²) in [6.45, 7) is 1.06. The van der Waals surface area contributed by atoms with Gasteiger partial charge >= 0.3 is 0 Å². The zero-order chi connectivity index (χ0) is 15.9. The highest BCUT2D eigenvalue weighted by Crippen LogP contribution is 2.29. The lowest BCUT2D eigenvalue weighted by Gasteiger charge is -2.16. The van der Waals surface area contributed by atoms with Crippen molar-refractivity contribution in [1.29, 1.82) is 0 Å². The van der Waals surface area contributed by atoms with E-state index in [4.69, 9.17) is 21.1 Å². The fourth-order valence-corrected chi connectivity index (χ4v) is 2.29. The number of hydrogen-bond acceptors (Lipinski definition) is 4. The first-order chi connectivity index (χ1) is 10.6. The molecule has 0 amide bonds. The molecule has 0 aliphatic carbocycles. The number of methoxy groups -OCH3 is 2. The molecule has 0 saturated carbocycles. The number of ether oxygens (including phenoxy) is 2. The number of aliphatic hydroxyl groups excluding tert-OH is 1. The van der Waals surface area contributed by atoms with E-state index in [-0.39, 0.29) is 0 Å². The molecule has 1 atom stereocenters. The summed E-state index contributed by atoms with van der Waals surface area (Å²) in [6.07, 6.45) is -0.683. The summed E-state index contributed by atoms with van der Waals surface area (Å²) >= 11 is 5.85. The average Bonchev–Trinajstić information content (AvgIpc) is 2.56. The van der Waals surface area contributed by atoms with Gasteiger partial charge in [-0.25, -0.2) is 0 Å². The molecule has 2 N–H and O–H groups in total. The molecule has 0 aliphatic heterocycles. The van der Waals surface area contributed by atoms with Gasteiger partial charge in [-0.3, -0.25) is 0 Å². The van der Waals surface area contributed by atoms with Crippen molar-refractivity contribution < 1.29 is 14.6 Å². The minimum absolute atomic E-state index is 0.409. The van der Waals surface area contributed by atoms with E-state index in [0.29, 0.717) is 35.2 Å². The van der Waals surface area contributed by atoms with Crippen LogP contribution in [0.2, 0.25) is 5.02 Å². The molecule has 0 spiro atoms. The van der Waals surface area contributed by atoms with Crippen LogP contribution >= 0.6 is 11.6 Å². The first kappa shape index (κ1) is 16.6. The van der Waals surface area contributed by atoms with Gasteiger partial charge in [0.2, 0.25) is 0 Å². The highest BCUT2D eigenvalue weighted by atomic mass is 35.5. The minimum atomic E-state index is -0.683. The average molecular weight is 322 g/mol. The zero-order valence-electron chi connectivity index (χ0n) is 12.7. The van der Waals surface area contributed by atoms with Crippen molar-refractivity contribution in [2.24, 2.45) is 0 Å². The molecule has 4 nitrogen and oxygen atoms in total.